The van der Waals surface area contributed by atoms with Gasteiger partial charge in [-0.25, -0.2) is 4.79 Å². The molecule has 0 amide bonds. The van der Waals surface area contributed by atoms with Crippen LogP contribution in [0.4, 0.5) is 0 Å². The number of halogens is 2. The van der Waals surface area contributed by atoms with E-state index in [1.54, 1.807) is 43.5 Å². The van der Waals surface area contributed by atoms with E-state index in [1.807, 2.05) is 0 Å². The molecule has 3 nitrogen and oxygen atoms in total. The molecule has 21 heavy (non-hydrogen) atoms. The van der Waals surface area contributed by atoms with Gasteiger partial charge in [-0.2, -0.15) is 0 Å². The van der Waals surface area contributed by atoms with Crippen LogP contribution in [0.2, 0.25) is 10.0 Å². The zero-order chi connectivity index (χ0) is 15.4. The Morgan fingerprint density at radius 3 is 2.62 bits per heavy atom. The van der Waals surface area contributed by atoms with Gasteiger partial charge in [0.15, 0.2) is 0 Å². The average molecular weight is 323 g/mol. The molecule has 0 saturated heterocycles. The van der Waals surface area contributed by atoms with Gasteiger partial charge < -0.3 is 9.84 Å². The molecule has 0 radical (unpaired) electrons. The lowest BCUT2D eigenvalue weighted by atomic mass is 10.0. The molecule has 2 rings (SSSR count). The van der Waals surface area contributed by atoms with Crippen LogP contribution in [0, 0.1) is 0 Å². The van der Waals surface area contributed by atoms with Crippen LogP contribution in [0.1, 0.15) is 11.1 Å². The van der Waals surface area contributed by atoms with Crippen molar-refractivity contribution in [2.75, 3.05) is 7.11 Å². The first kappa shape index (κ1) is 15.4. The van der Waals surface area contributed by atoms with Crippen LogP contribution in [0.5, 0.6) is 5.75 Å². The molecule has 0 spiro atoms. The van der Waals surface area contributed by atoms with Crippen molar-refractivity contribution in [3.63, 3.8) is 0 Å². The van der Waals surface area contributed by atoms with Crippen molar-refractivity contribution in [2.45, 2.75) is 0 Å². The van der Waals surface area contributed by atoms with Crippen molar-refractivity contribution >= 4 is 40.8 Å². The second-order valence-corrected chi connectivity index (χ2v) is 5.11. The lowest BCUT2D eigenvalue weighted by molar-refractivity contribution is -0.130. The first-order valence-electron chi connectivity index (χ1n) is 6.05. The highest BCUT2D eigenvalue weighted by molar-refractivity contribution is 6.37. The van der Waals surface area contributed by atoms with Crippen LogP contribution in [-0.4, -0.2) is 18.2 Å². The fourth-order valence-corrected chi connectivity index (χ4v) is 2.25. The molecule has 0 aromatic heterocycles. The quantitative estimate of drug-likeness (QED) is 0.659. The Kier molecular flexibility index (Phi) is 4.89. The predicted molar refractivity (Wildman–Crippen MR) is 85.0 cm³/mol. The molecule has 0 aliphatic rings. The Morgan fingerprint density at radius 2 is 1.95 bits per heavy atom. The fourth-order valence-electron chi connectivity index (χ4n) is 1.86. The van der Waals surface area contributed by atoms with Crippen LogP contribution < -0.4 is 4.74 Å². The van der Waals surface area contributed by atoms with E-state index in [0.29, 0.717) is 26.9 Å². The number of carbonyl (C=O) groups is 1. The third-order valence-corrected chi connectivity index (χ3v) is 3.42. The minimum Gasteiger partial charge on any atom is -0.497 e. The zero-order valence-corrected chi connectivity index (χ0v) is 12.7. The summed E-state index contributed by atoms with van der Waals surface area (Å²) in [6, 6.07) is 11.8. The lowest BCUT2D eigenvalue weighted by Gasteiger charge is -2.07. The first-order chi connectivity index (χ1) is 10.0. The van der Waals surface area contributed by atoms with Gasteiger partial charge in [0.2, 0.25) is 0 Å². The summed E-state index contributed by atoms with van der Waals surface area (Å²) >= 11 is 12.0. The van der Waals surface area contributed by atoms with Crippen molar-refractivity contribution in [3.8, 4) is 5.75 Å². The van der Waals surface area contributed by atoms with E-state index in [0.717, 1.165) is 0 Å². The maximum Gasteiger partial charge on any atom is 0.336 e. The summed E-state index contributed by atoms with van der Waals surface area (Å²) in [7, 11) is 1.55. The van der Waals surface area contributed by atoms with Gasteiger partial charge in [0.1, 0.15) is 5.75 Å². The molecule has 2 aromatic rings. The summed E-state index contributed by atoms with van der Waals surface area (Å²) in [5.74, 6) is -0.437. The number of methoxy groups -OCH3 is 1. The minimum atomic E-state index is -1.08. The van der Waals surface area contributed by atoms with E-state index in [9.17, 15) is 9.90 Å². The average Bonchev–Trinajstić information content (AvgIpc) is 2.47. The van der Waals surface area contributed by atoms with Gasteiger partial charge in [-0.1, -0.05) is 35.3 Å². The Balaban J connectivity index is 2.55. The summed E-state index contributed by atoms with van der Waals surface area (Å²) in [5, 5.41) is 10.2. The van der Waals surface area contributed by atoms with E-state index >= 15 is 0 Å². The lowest BCUT2D eigenvalue weighted by Crippen LogP contribution is -2.00. The third kappa shape index (κ3) is 3.78. The zero-order valence-electron chi connectivity index (χ0n) is 11.1. The molecule has 0 bridgehead atoms. The minimum absolute atomic E-state index is 0.0655. The number of hydrogen-bond acceptors (Lipinski definition) is 2. The molecular weight excluding hydrogens is 311 g/mol. The highest BCUT2D eigenvalue weighted by Gasteiger charge is 2.14. The molecule has 108 valence electrons. The second kappa shape index (κ2) is 6.66. The van der Waals surface area contributed by atoms with E-state index in [2.05, 4.69) is 0 Å². The molecule has 0 atom stereocenters. The third-order valence-electron chi connectivity index (χ3n) is 2.85. The van der Waals surface area contributed by atoms with Crippen molar-refractivity contribution in [3.05, 3.63) is 63.6 Å². The van der Waals surface area contributed by atoms with Crippen LogP contribution >= 0.6 is 23.2 Å². The molecule has 0 aliphatic carbocycles. The smallest absolute Gasteiger partial charge is 0.336 e. The van der Waals surface area contributed by atoms with E-state index < -0.39 is 5.97 Å². The molecule has 0 heterocycles. The van der Waals surface area contributed by atoms with E-state index in [1.165, 1.54) is 12.1 Å². The van der Waals surface area contributed by atoms with Gasteiger partial charge in [0.25, 0.3) is 0 Å². The Morgan fingerprint density at radius 1 is 1.19 bits per heavy atom. The summed E-state index contributed by atoms with van der Waals surface area (Å²) < 4.78 is 5.12. The number of rotatable bonds is 4. The van der Waals surface area contributed by atoms with Crippen molar-refractivity contribution in [2.24, 2.45) is 0 Å². The first-order valence-corrected chi connectivity index (χ1v) is 6.81. The Labute approximate surface area is 132 Å². The van der Waals surface area contributed by atoms with Gasteiger partial charge in [-0.3, -0.25) is 0 Å². The van der Waals surface area contributed by atoms with Gasteiger partial charge in [-0.05, 0) is 42.0 Å². The molecular formula is C16H12Cl2O3. The second-order valence-electron chi connectivity index (χ2n) is 4.26. The molecule has 0 aliphatic heterocycles. The number of carboxylic acids is 1. The van der Waals surface area contributed by atoms with Crippen molar-refractivity contribution in [1.82, 2.24) is 0 Å². The number of carboxylic acid groups (broad SMARTS) is 1. The van der Waals surface area contributed by atoms with E-state index in [-0.39, 0.29) is 5.57 Å². The summed E-state index contributed by atoms with van der Waals surface area (Å²) in [4.78, 5) is 11.5. The molecule has 1 N–H and O–H groups in total. The summed E-state index contributed by atoms with van der Waals surface area (Å²) in [6.07, 6.45) is 1.53. The summed E-state index contributed by atoms with van der Waals surface area (Å²) in [6.45, 7) is 0. The molecule has 0 fully saturated rings. The number of benzene rings is 2. The fraction of sp³-hybridized carbons (Fsp3) is 0.0625. The molecule has 5 heteroatoms. The van der Waals surface area contributed by atoms with Crippen LogP contribution in [0.15, 0.2) is 42.5 Å². The Bertz CT molecular complexity index is 708. The normalized spacial score (nSPS) is 11.3. The SMILES string of the molecule is COc1cccc(/C=C(\C(=O)O)c2cc(Cl)ccc2Cl)c1. The predicted octanol–water partition coefficient (Wildman–Crippen LogP) is 4.63. The monoisotopic (exact) mass is 322 g/mol. The highest BCUT2D eigenvalue weighted by atomic mass is 35.5. The van der Waals surface area contributed by atoms with Crippen molar-refractivity contribution in [1.29, 1.82) is 0 Å². The molecule has 0 unspecified atom stereocenters. The van der Waals surface area contributed by atoms with Gasteiger partial charge in [0, 0.05) is 15.6 Å². The maximum atomic E-state index is 11.5. The van der Waals surface area contributed by atoms with Crippen molar-refractivity contribution < 1.29 is 14.6 Å². The maximum absolute atomic E-state index is 11.5. The standard InChI is InChI=1S/C16H12Cl2O3/c1-21-12-4-2-3-10(7-12)8-14(16(19)20)13-9-11(17)5-6-15(13)18/h2-9H,1H3,(H,19,20)/b14-8-. The Hall–Kier alpha value is -1.97. The topological polar surface area (TPSA) is 46.5 Å². The van der Waals surface area contributed by atoms with Gasteiger partial charge in [-0.15, -0.1) is 0 Å². The number of hydrogen-bond donors (Lipinski definition) is 1. The summed E-state index contributed by atoms with van der Waals surface area (Å²) in [5.41, 5.74) is 1.14. The molecule has 2 aromatic carbocycles. The molecule has 0 saturated carbocycles. The number of aliphatic carboxylic acids is 1. The van der Waals surface area contributed by atoms with Gasteiger partial charge in [0.05, 0.1) is 12.7 Å². The van der Waals surface area contributed by atoms with E-state index in [4.69, 9.17) is 27.9 Å². The van der Waals surface area contributed by atoms with Crippen LogP contribution in [0.3, 0.4) is 0 Å². The highest BCUT2D eigenvalue weighted by Crippen LogP contribution is 2.29. The number of ether oxygens (including phenoxy) is 1. The van der Waals surface area contributed by atoms with Gasteiger partial charge >= 0.3 is 5.97 Å². The van der Waals surface area contributed by atoms with Crippen LogP contribution in [0.25, 0.3) is 11.6 Å². The van der Waals surface area contributed by atoms with Crippen LogP contribution in [-0.2, 0) is 4.79 Å². The largest absolute Gasteiger partial charge is 0.497 e.